The van der Waals surface area contributed by atoms with Crippen molar-refractivity contribution in [3.8, 4) is 0 Å². The minimum Gasteiger partial charge on any atom is -0.480 e. The maximum absolute atomic E-state index is 12.7. The van der Waals surface area contributed by atoms with E-state index in [1.165, 1.54) is 4.90 Å². The van der Waals surface area contributed by atoms with Crippen molar-refractivity contribution < 1.29 is 14.7 Å². The molecule has 0 saturated heterocycles. The monoisotopic (exact) mass is 277 g/mol. The maximum Gasteiger partial charge on any atom is 0.323 e. The Balaban J connectivity index is 3.06. The fourth-order valence-electron chi connectivity index (χ4n) is 2.21. The normalized spacial score (nSPS) is 12.8. The zero-order valence-electron chi connectivity index (χ0n) is 12.6. The number of nitrogens with zero attached hydrogens (tertiary/aromatic N) is 1. The van der Waals surface area contributed by atoms with Gasteiger partial charge in [-0.1, -0.05) is 37.3 Å². The Kier molecular flexibility index (Phi) is 5.31. The molecular weight excluding hydrogens is 254 g/mol. The van der Waals surface area contributed by atoms with Crippen LogP contribution >= 0.6 is 0 Å². The van der Waals surface area contributed by atoms with Crippen molar-refractivity contribution in [1.82, 2.24) is 4.90 Å². The van der Waals surface area contributed by atoms with Crippen LogP contribution in [0.3, 0.4) is 0 Å². The average molecular weight is 277 g/mol. The van der Waals surface area contributed by atoms with Crippen LogP contribution in [0.5, 0.6) is 0 Å². The van der Waals surface area contributed by atoms with Gasteiger partial charge in [-0.25, -0.2) is 0 Å². The summed E-state index contributed by atoms with van der Waals surface area (Å²) in [6, 6.07) is 9.51. The quantitative estimate of drug-likeness (QED) is 0.900. The zero-order valence-corrected chi connectivity index (χ0v) is 12.6. The van der Waals surface area contributed by atoms with Crippen LogP contribution in [0.1, 0.15) is 45.6 Å². The van der Waals surface area contributed by atoms with E-state index in [-0.39, 0.29) is 18.4 Å². The molecule has 1 amide bonds. The summed E-state index contributed by atoms with van der Waals surface area (Å²) in [6.45, 7) is 7.23. The van der Waals surface area contributed by atoms with Gasteiger partial charge in [-0.2, -0.15) is 0 Å². The van der Waals surface area contributed by atoms with E-state index in [1.54, 1.807) is 0 Å². The summed E-state index contributed by atoms with van der Waals surface area (Å²) >= 11 is 0. The molecular formula is C16H23NO3. The Labute approximate surface area is 120 Å². The summed E-state index contributed by atoms with van der Waals surface area (Å²) in [4.78, 5) is 25.2. The van der Waals surface area contributed by atoms with E-state index < -0.39 is 11.5 Å². The predicted octanol–water partition coefficient (Wildman–Crippen LogP) is 2.89. The van der Waals surface area contributed by atoms with E-state index in [0.717, 1.165) is 5.56 Å². The van der Waals surface area contributed by atoms with Crippen LogP contribution < -0.4 is 0 Å². The highest BCUT2D eigenvalue weighted by Crippen LogP contribution is 2.25. The number of hydrogen-bond donors (Lipinski definition) is 1. The van der Waals surface area contributed by atoms with Crippen LogP contribution in [0.15, 0.2) is 30.3 Å². The van der Waals surface area contributed by atoms with Gasteiger partial charge in [-0.05, 0) is 32.8 Å². The van der Waals surface area contributed by atoms with Crippen LogP contribution in [0.4, 0.5) is 0 Å². The fourth-order valence-corrected chi connectivity index (χ4v) is 2.21. The van der Waals surface area contributed by atoms with Crippen molar-refractivity contribution in [2.24, 2.45) is 0 Å². The lowest BCUT2D eigenvalue weighted by Crippen LogP contribution is -2.50. The van der Waals surface area contributed by atoms with E-state index >= 15 is 0 Å². The van der Waals surface area contributed by atoms with E-state index in [9.17, 15) is 9.59 Å². The summed E-state index contributed by atoms with van der Waals surface area (Å²) in [7, 11) is 0. The minimum atomic E-state index is -0.990. The second kappa shape index (κ2) is 6.55. The van der Waals surface area contributed by atoms with Gasteiger partial charge in [0.05, 0.1) is 5.92 Å². The van der Waals surface area contributed by atoms with Crippen molar-refractivity contribution in [3.63, 3.8) is 0 Å². The molecule has 20 heavy (non-hydrogen) atoms. The lowest BCUT2D eigenvalue weighted by Gasteiger charge is -2.37. The largest absolute Gasteiger partial charge is 0.480 e. The number of hydrogen-bond acceptors (Lipinski definition) is 2. The van der Waals surface area contributed by atoms with Crippen LogP contribution in [-0.4, -0.2) is 34.0 Å². The van der Waals surface area contributed by atoms with E-state index in [0.29, 0.717) is 6.42 Å². The molecule has 1 N–H and O–H groups in total. The molecule has 0 radical (unpaired) electrons. The molecule has 0 aliphatic carbocycles. The summed E-state index contributed by atoms with van der Waals surface area (Å²) in [5.74, 6) is -1.42. The fraction of sp³-hybridized carbons (Fsp3) is 0.500. The average Bonchev–Trinajstić information content (AvgIpc) is 2.36. The van der Waals surface area contributed by atoms with Crippen molar-refractivity contribution in [2.75, 3.05) is 6.54 Å². The van der Waals surface area contributed by atoms with Gasteiger partial charge >= 0.3 is 5.97 Å². The maximum atomic E-state index is 12.7. The van der Waals surface area contributed by atoms with Gasteiger partial charge in [0.25, 0.3) is 0 Å². The SMILES string of the molecule is CCC(C(=O)N(CC(=O)O)C(C)(C)C)c1ccccc1. The number of carbonyl (C=O) groups is 2. The lowest BCUT2D eigenvalue weighted by molar-refractivity contribution is -0.149. The molecule has 0 aliphatic rings. The Bertz CT molecular complexity index is 462. The molecule has 0 aromatic heterocycles. The number of carboxylic acid groups (broad SMARTS) is 1. The van der Waals surface area contributed by atoms with Crippen LogP contribution in [0, 0.1) is 0 Å². The highest BCUT2D eigenvalue weighted by molar-refractivity contribution is 5.87. The topological polar surface area (TPSA) is 57.6 Å². The first-order valence-corrected chi connectivity index (χ1v) is 6.85. The minimum absolute atomic E-state index is 0.131. The highest BCUT2D eigenvalue weighted by atomic mass is 16.4. The number of benzene rings is 1. The number of amides is 1. The summed E-state index contributed by atoms with van der Waals surface area (Å²) < 4.78 is 0. The molecule has 0 bridgehead atoms. The van der Waals surface area contributed by atoms with Gasteiger partial charge in [-0.3, -0.25) is 9.59 Å². The van der Waals surface area contributed by atoms with Crippen LogP contribution in [0.25, 0.3) is 0 Å². The molecule has 4 nitrogen and oxygen atoms in total. The molecule has 0 heterocycles. The van der Waals surface area contributed by atoms with Gasteiger partial charge in [0.15, 0.2) is 0 Å². The molecule has 1 aromatic carbocycles. The molecule has 1 atom stereocenters. The van der Waals surface area contributed by atoms with Gasteiger partial charge < -0.3 is 10.0 Å². The first-order valence-electron chi connectivity index (χ1n) is 6.85. The number of carbonyl (C=O) groups excluding carboxylic acids is 1. The highest BCUT2D eigenvalue weighted by Gasteiger charge is 2.33. The first kappa shape index (κ1) is 16.2. The Morgan fingerprint density at radius 1 is 1.20 bits per heavy atom. The standard InChI is InChI=1S/C16H23NO3/c1-5-13(12-9-7-6-8-10-12)15(20)17(11-14(18)19)16(2,3)4/h6-10,13H,5,11H2,1-4H3,(H,18,19). The molecule has 0 aliphatic heterocycles. The van der Waals surface area contributed by atoms with Crippen molar-refractivity contribution in [1.29, 1.82) is 0 Å². The summed E-state index contributed by atoms with van der Waals surface area (Å²) in [6.07, 6.45) is 0.648. The van der Waals surface area contributed by atoms with Gasteiger partial charge in [-0.15, -0.1) is 0 Å². The molecule has 110 valence electrons. The van der Waals surface area contributed by atoms with E-state index in [2.05, 4.69) is 0 Å². The molecule has 0 saturated carbocycles. The van der Waals surface area contributed by atoms with Crippen LogP contribution in [0.2, 0.25) is 0 Å². The third-order valence-corrected chi connectivity index (χ3v) is 3.28. The molecule has 0 spiro atoms. The van der Waals surface area contributed by atoms with Crippen LogP contribution in [-0.2, 0) is 9.59 Å². The first-order chi connectivity index (χ1) is 9.27. The second-order valence-electron chi connectivity index (χ2n) is 5.86. The number of rotatable bonds is 5. The van der Waals surface area contributed by atoms with Crippen molar-refractivity contribution >= 4 is 11.9 Å². The second-order valence-corrected chi connectivity index (χ2v) is 5.86. The lowest BCUT2D eigenvalue weighted by atomic mass is 9.93. The molecule has 1 unspecified atom stereocenters. The number of aliphatic carboxylic acids is 1. The summed E-state index contributed by atoms with van der Waals surface area (Å²) in [5, 5.41) is 9.03. The Morgan fingerprint density at radius 3 is 2.15 bits per heavy atom. The van der Waals surface area contributed by atoms with Gasteiger partial charge in [0.2, 0.25) is 5.91 Å². The Morgan fingerprint density at radius 2 is 1.75 bits per heavy atom. The predicted molar refractivity (Wildman–Crippen MR) is 78.6 cm³/mol. The van der Waals surface area contributed by atoms with E-state index in [1.807, 2.05) is 58.0 Å². The number of carboxylic acids is 1. The third kappa shape index (κ3) is 4.08. The smallest absolute Gasteiger partial charge is 0.323 e. The van der Waals surface area contributed by atoms with Gasteiger partial charge in [0, 0.05) is 5.54 Å². The van der Waals surface area contributed by atoms with Gasteiger partial charge in [0.1, 0.15) is 6.54 Å². The Hall–Kier alpha value is -1.84. The molecule has 4 heteroatoms. The van der Waals surface area contributed by atoms with Crippen molar-refractivity contribution in [3.05, 3.63) is 35.9 Å². The third-order valence-electron chi connectivity index (χ3n) is 3.28. The molecule has 1 aromatic rings. The molecule has 0 fully saturated rings. The summed E-state index contributed by atoms with van der Waals surface area (Å²) in [5.41, 5.74) is 0.414. The van der Waals surface area contributed by atoms with Crippen molar-refractivity contribution in [2.45, 2.75) is 45.6 Å². The zero-order chi connectivity index (χ0) is 15.3. The van der Waals surface area contributed by atoms with E-state index in [4.69, 9.17) is 5.11 Å². The molecule has 1 rings (SSSR count).